The van der Waals surface area contributed by atoms with E-state index in [0.29, 0.717) is 12.4 Å². The van der Waals surface area contributed by atoms with Gasteiger partial charge in [0.2, 0.25) is 0 Å². The summed E-state index contributed by atoms with van der Waals surface area (Å²) in [5, 5.41) is 8.69. The quantitative estimate of drug-likeness (QED) is 0.182. The predicted octanol–water partition coefficient (Wildman–Crippen LogP) is 6.31. The molecule has 0 atom stereocenters. The Hall–Kier alpha value is -2.82. The van der Waals surface area contributed by atoms with Gasteiger partial charge in [-0.2, -0.15) is 0 Å². The second kappa shape index (κ2) is 15.1. The van der Waals surface area contributed by atoms with Crippen molar-refractivity contribution in [1.82, 2.24) is 0 Å². The molecular weight excluding hydrogens is 392 g/mol. The van der Waals surface area contributed by atoms with Crippen molar-refractivity contribution in [1.29, 1.82) is 0 Å². The molecule has 0 radical (unpaired) electrons. The van der Waals surface area contributed by atoms with Gasteiger partial charge in [0.25, 0.3) is 5.78 Å². The van der Waals surface area contributed by atoms with Crippen LogP contribution < -0.4 is 9.47 Å². The van der Waals surface area contributed by atoms with Crippen LogP contribution in [0.2, 0.25) is 0 Å². The molecule has 0 saturated carbocycles. The van der Waals surface area contributed by atoms with E-state index in [-0.39, 0.29) is 5.56 Å². The number of rotatable bonds is 17. The maximum absolute atomic E-state index is 11.3. The van der Waals surface area contributed by atoms with Gasteiger partial charge in [0.1, 0.15) is 11.5 Å². The molecule has 2 rings (SSSR count). The summed E-state index contributed by atoms with van der Waals surface area (Å²) in [7, 11) is 0. The zero-order valence-electron chi connectivity index (χ0n) is 18.3. The topological polar surface area (TPSA) is 72.8 Å². The Kier molecular flexibility index (Phi) is 11.9. The van der Waals surface area contributed by atoms with E-state index in [1.54, 1.807) is 12.1 Å². The number of carboxylic acid groups (broad SMARTS) is 1. The van der Waals surface area contributed by atoms with E-state index in [1.165, 1.54) is 57.1 Å². The maximum Gasteiger partial charge on any atom is 0.377 e. The van der Waals surface area contributed by atoms with E-state index < -0.39 is 11.8 Å². The van der Waals surface area contributed by atoms with Gasteiger partial charge in [-0.15, -0.1) is 0 Å². The summed E-state index contributed by atoms with van der Waals surface area (Å²) in [6, 6.07) is 16.2. The molecule has 0 aliphatic heterocycles. The van der Waals surface area contributed by atoms with Gasteiger partial charge in [0.15, 0.2) is 0 Å². The third kappa shape index (κ3) is 10.7. The summed E-state index contributed by atoms with van der Waals surface area (Å²) < 4.78 is 11.4. The van der Waals surface area contributed by atoms with Gasteiger partial charge >= 0.3 is 5.97 Å². The van der Waals surface area contributed by atoms with Crippen LogP contribution >= 0.6 is 0 Å². The molecular formula is C26H34O5. The van der Waals surface area contributed by atoms with E-state index in [4.69, 9.17) is 14.6 Å². The minimum Gasteiger partial charge on any atom is -0.494 e. The summed E-state index contributed by atoms with van der Waals surface area (Å²) in [5.74, 6) is -0.722. The molecule has 1 N–H and O–H groups in total. The fourth-order valence-electron chi connectivity index (χ4n) is 3.34. The van der Waals surface area contributed by atoms with Gasteiger partial charge in [-0.05, 0) is 49.2 Å². The monoisotopic (exact) mass is 426 g/mol. The first-order valence-corrected chi connectivity index (χ1v) is 11.3. The van der Waals surface area contributed by atoms with Crippen LogP contribution in [-0.4, -0.2) is 30.1 Å². The molecule has 0 amide bonds. The number of carboxylic acids is 1. The van der Waals surface area contributed by atoms with Crippen molar-refractivity contribution in [3.8, 4) is 11.5 Å². The number of carbonyl (C=O) groups excluding carboxylic acids is 1. The van der Waals surface area contributed by atoms with Crippen molar-refractivity contribution in [3.63, 3.8) is 0 Å². The molecule has 0 saturated heterocycles. The highest BCUT2D eigenvalue weighted by atomic mass is 16.5. The van der Waals surface area contributed by atoms with Gasteiger partial charge < -0.3 is 14.6 Å². The molecule has 0 unspecified atom stereocenters. The van der Waals surface area contributed by atoms with Crippen molar-refractivity contribution in [3.05, 3.63) is 60.2 Å². The first-order chi connectivity index (χ1) is 15.2. The maximum atomic E-state index is 11.3. The Morgan fingerprint density at radius 3 is 1.45 bits per heavy atom. The van der Waals surface area contributed by atoms with Crippen LogP contribution in [0, 0.1) is 0 Å². The lowest BCUT2D eigenvalue weighted by molar-refractivity contribution is -0.131. The molecule has 168 valence electrons. The molecule has 0 spiro atoms. The zero-order valence-corrected chi connectivity index (χ0v) is 18.3. The third-order valence-electron chi connectivity index (χ3n) is 5.13. The first-order valence-electron chi connectivity index (χ1n) is 11.3. The van der Waals surface area contributed by atoms with Crippen molar-refractivity contribution in [2.45, 2.75) is 64.2 Å². The number of ketones is 1. The second-order valence-corrected chi connectivity index (χ2v) is 7.70. The Morgan fingerprint density at radius 2 is 1.00 bits per heavy atom. The lowest BCUT2D eigenvalue weighted by Gasteiger charge is -2.07. The van der Waals surface area contributed by atoms with Crippen LogP contribution in [0.5, 0.6) is 11.5 Å². The van der Waals surface area contributed by atoms with E-state index in [1.807, 2.05) is 30.3 Å². The Morgan fingerprint density at radius 1 is 0.581 bits per heavy atom. The lowest BCUT2D eigenvalue weighted by atomic mass is 10.1. The van der Waals surface area contributed by atoms with E-state index >= 15 is 0 Å². The summed E-state index contributed by atoms with van der Waals surface area (Å²) in [6.45, 7) is 1.44. The van der Waals surface area contributed by atoms with Crippen LogP contribution in [0.25, 0.3) is 0 Å². The zero-order chi connectivity index (χ0) is 22.2. The Balaban J connectivity index is 1.36. The van der Waals surface area contributed by atoms with Crippen LogP contribution in [0.15, 0.2) is 54.6 Å². The van der Waals surface area contributed by atoms with Crippen molar-refractivity contribution in [2.24, 2.45) is 0 Å². The average Bonchev–Trinajstić information content (AvgIpc) is 2.80. The van der Waals surface area contributed by atoms with Crippen molar-refractivity contribution >= 4 is 11.8 Å². The van der Waals surface area contributed by atoms with Gasteiger partial charge in [-0.3, -0.25) is 4.79 Å². The molecule has 0 heterocycles. The molecule has 0 fully saturated rings. The molecule has 5 nitrogen and oxygen atoms in total. The lowest BCUT2D eigenvalue weighted by Crippen LogP contribution is -2.12. The smallest absolute Gasteiger partial charge is 0.377 e. The summed E-state index contributed by atoms with van der Waals surface area (Å²) in [5.41, 5.74) is 0.167. The van der Waals surface area contributed by atoms with E-state index in [2.05, 4.69) is 0 Å². The fraction of sp³-hybridized carbons (Fsp3) is 0.462. The van der Waals surface area contributed by atoms with Crippen molar-refractivity contribution < 1.29 is 24.2 Å². The molecule has 31 heavy (non-hydrogen) atoms. The van der Waals surface area contributed by atoms with Gasteiger partial charge in [-0.25, -0.2) is 4.79 Å². The molecule has 2 aromatic rings. The number of unbranched alkanes of at least 4 members (excludes halogenated alkanes) is 9. The van der Waals surface area contributed by atoms with Gasteiger partial charge in [-0.1, -0.05) is 69.6 Å². The number of hydrogen-bond acceptors (Lipinski definition) is 4. The number of para-hydroxylation sites is 1. The summed E-state index contributed by atoms with van der Waals surface area (Å²) in [6.07, 6.45) is 12.2. The SMILES string of the molecule is O=C(O)C(=O)c1ccc(OCCCCCCCCCCCCOc2ccccc2)cc1. The standard InChI is InChI=1S/C26H34O5/c27-25(26(28)29)22-16-18-24(19-17-22)31-21-13-8-6-4-2-1-3-5-7-12-20-30-23-14-10-9-11-15-23/h9-11,14-19H,1-8,12-13,20-21H2,(H,28,29). The highest BCUT2D eigenvalue weighted by Gasteiger charge is 2.13. The molecule has 0 aliphatic rings. The molecule has 0 aromatic heterocycles. The van der Waals surface area contributed by atoms with Crippen LogP contribution in [0.1, 0.15) is 74.6 Å². The number of Topliss-reactive ketones (excluding diaryl/α,β-unsaturated/α-hetero) is 1. The number of aliphatic carboxylic acids is 1. The number of hydrogen-bond donors (Lipinski definition) is 1. The Labute approximate surface area is 185 Å². The normalized spacial score (nSPS) is 10.6. The van der Waals surface area contributed by atoms with Crippen LogP contribution in [0.4, 0.5) is 0 Å². The van der Waals surface area contributed by atoms with E-state index in [9.17, 15) is 9.59 Å². The third-order valence-corrected chi connectivity index (χ3v) is 5.13. The van der Waals surface area contributed by atoms with Gasteiger partial charge in [0, 0.05) is 5.56 Å². The molecule has 2 aromatic carbocycles. The first kappa shape index (κ1) is 24.4. The fourth-order valence-corrected chi connectivity index (χ4v) is 3.34. The number of benzene rings is 2. The minimum absolute atomic E-state index is 0.167. The summed E-state index contributed by atoms with van der Waals surface area (Å²) in [4.78, 5) is 22.0. The highest BCUT2D eigenvalue weighted by Crippen LogP contribution is 2.15. The number of carbonyl (C=O) groups is 2. The summed E-state index contributed by atoms with van der Waals surface area (Å²) >= 11 is 0. The minimum atomic E-state index is -1.44. The molecule has 0 aliphatic carbocycles. The van der Waals surface area contributed by atoms with Gasteiger partial charge in [0.05, 0.1) is 13.2 Å². The van der Waals surface area contributed by atoms with Crippen molar-refractivity contribution in [2.75, 3.05) is 13.2 Å². The highest BCUT2D eigenvalue weighted by molar-refractivity contribution is 6.39. The van der Waals surface area contributed by atoms with E-state index in [0.717, 1.165) is 31.6 Å². The average molecular weight is 427 g/mol. The molecule has 0 bridgehead atoms. The predicted molar refractivity (Wildman–Crippen MR) is 122 cm³/mol. The largest absolute Gasteiger partial charge is 0.494 e. The van der Waals surface area contributed by atoms with Crippen LogP contribution in [-0.2, 0) is 4.79 Å². The number of ether oxygens (including phenoxy) is 2. The second-order valence-electron chi connectivity index (χ2n) is 7.70. The Bertz CT molecular complexity index is 755. The molecule has 5 heteroatoms. The van der Waals surface area contributed by atoms with Crippen LogP contribution in [0.3, 0.4) is 0 Å².